The van der Waals surface area contributed by atoms with E-state index in [4.69, 9.17) is 16.3 Å². The third-order valence-electron chi connectivity index (χ3n) is 8.55. The molecule has 0 spiro atoms. The number of carbonyl (C=O) groups is 2. The number of ether oxygens (including phenoxy) is 1. The van der Waals surface area contributed by atoms with E-state index >= 15 is 0 Å². The average Bonchev–Trinajstić information content (AvgIpc) is 2.91. The van der Waals surface area contributed by atoms with Crippen molar-refractivity contribution in [2.45, 2.75) is 88.8 Å². The lowest BCUT2D eigenvalue weighted by atomic mass is 9.67. The SMILES string of the molecule is CCCCC1NCC(C)N(C(=O)O)C1(C)c1nc(Cl)nc(CC2(C(=O)OC)CCCc3ccccc32)c1[N+](=O)[O-]. The largest absolute Gasteiger partial charge is 0.468 e. The number of carboxylic acid groups (broad SMARTS) is 1. The molecule has 11 nitrogen and oxygen atoms in total. The fourth-order valence-corrected chi connectivity index (χ4v) is 6.88. The van der Waals surface area contributed by atoms with Crippen molar-refractivity contribution in [3.8, 4) is 0 Å². The number of nitrogens with one attached hydrogen (secondary N) is 1. The lowest BCUT2D eigenvalue weighted by Gasteiger charge is -2.51. The van der Waals surface area contributed by atoms with Crippen LogP contribution < -0.4 is 5.32 Å². The molecule has 0 radical (unpaired) electrons. The first-order valence-electron chi connectivity index (χ1n) is 13.6. The second-order valence-electron chi connectivity index (χ2n) is 10.9. The summed E-state index contributed by atoms with van der Waals surface area (Å²) in [7, 11) is 1.30. The summed E-state index contributed by atoms with van der Waals surface area (Å²) in [6, 6.07) is 6.54. The van der Waals surface area contributed by atoms with E-state index in [0.717, 1.165) is 30.4 Å². The molecule has 2 aliphatic rings. The molecule has 2 heterocycles. The van der Waals surface area contributed by atoms with Gasteiger partial charge in [0.1, 0.15) is 11.2 Å². The van der Waals surface area contributed by atoms with Crippen LogP contribution in [0.4, 0.5) is 10.5 Å². The number of fused-ring (bicyclic) bond motifs is 1. The van der Waals surface area contributed by atoms with Gasteiger partial charge >= 0.3 is 17.7 Å². The van der Waals surface area contributed by atoms with Crippen molar-refractivity contribution in [2.75, 3.05) is 13.7 Å². The van der Waals surface area contributed by atoms with Crippen LogP contribution in [0.2, 0.25) is 5.28 Å². The lowest BCUT2D eigenvalue weighted by Crippen LogP contribution is -2.68. The first kappa shape index (κ1) is 29.7. The number of rotatable bonds is 8. The zero-order valence-corrected chi connectivity index (χ0v) is 24.0. The van der Waals surface area contributed by atoms with Gasteiger partial charge in [0.05, 0.1) is 17.4 Å². The molecule has 1 fully saturated rings. The van der Waals surface area contributed by atoms with Crippen molar-refractivity contribution in [3.05, 3.63) is 62.2 Å². The molecule has 1 aliphatic heterocycles. The van der Waals surface area contributed by atoms with E-state index in [2.05, 4.69) is 15.3 Å². The van der Waals surface area contributed by atoms with Gasteiger partial charge in [0.25, 0.3) is 0 Å². The highest BCUT2D eigenvalue weighted by Gasteiger charge is 2.55. The molecule has 2 N–H and O–H groups in total. The second kappa shape index (κ2) is 11.7. The van der Waals surface area contributed by atoms with E-state index in [-0.39, 0.29) is 23.1 Å². The molecule has 2 aromatic rings. The van der Waals surface area contributed by atoms with Crippen molar-refractivity contribution >= 4 is 29.4 Å². The molecule has 1 aromatic carbocycles. The number of hydrogen-bond donors (Lipinski definition) is 2. The van der Waals surface area contributed by atoms with Crippen LogP contribution in [0.3, 0.4) is 0 Å². The Labute approximate surface area is 238 Å². The Balaban J connectivity index is 1.98. The summed E-state index contributed by atoms with van der Waals surface area (Å²) in [5.74, 6) is -0.516. The normalized spacial score (nSPS) is 26.2. The van der Waals surface area contributed by atoms with Gasteiger partial charge in [-0.25, -0.2) is 14.8 Å². The van der Waals surface area contributed by atoms with Crippen LogP contribution in [0.25, 0.3) is 0 Å². The van der Waals surface area contributed by atoms with E-state index in [1.807, 2.05) is 31.2 Å². The van der Waals surface area contributed by atoms with E-state index in [0.29, 0.717) is 25.8 Å². The highest BCUT2D eigenvalue weighted by Crippen LogP contribution is 2.46. The number of benzene rings is 1. The number of nitro groups is 1. The number of hydrogen-bond acceptors (Lipinski definition) is 8. The summed E-state index contributed by atoms with van der Waals surface area (Å²) in [6.45, 7) is 5.81. The monoisotopic (exact) mass is 573 g/mol. The van der Waals surface area contributed by atoms with Crippen LogP contribution in [0, 0.1) is 10.1 Å². The predicted octanol–water partition coefficient (Wildman–Crippen LogP) is 4.77. The fraction of sp³-hybridized carbons (Fsp3) is 0.571. The summed E-state index contributed by atoms with van der Waals surface area (Å²) in [6.07, 6.45) is 2.69. The number of piperazine rings is 1. The standard InChI is InChI=1S/C28H36ClN5O6/c1-5-6-13-21-27(3,33(26(36)37)17(2)16-30-21)23-22(34(38)39)20(31-25(29)32-23)15-28(24(35)40-4)14-9-11-18-10-7-8-12-19(18)28/h7-8,10,12,17,21,30H,5-6,9,11,13-16H2,1-4H3,(H,36,37). The fourth-order valence-electron chi connectivity index (χ4n) is 6.69. The number of carbonyl (C=O) groups excluding carboxylic acids is 1. The summed E-state index contributed by atoms with van der Waals surface area (Å²) < 4.78 is 5.26. The second-order valence-corrected chi connectivity index (χ2v) is 11.2. The first-order chi connectivity index (χ1) is 19.0. The Bertz CT molecular complexity index is 1310. The lowest BCUT2D eigenvalue weighted by molar-refractivity contribution is -0.388. The molecule has 1 aliphatic carbocycles. The van der Waals surface area contributed by atoms with Gasteiger partial charge in [0, 0.05) is 25.0 Å². The van der Waals surface area contributed by atoms with Gasteiger partial charge in [0.2, 0.25) is 5.28 Å². The van der Waals surface area contributed by atoms with Gasteiger partial charge in [-0.05, 0) is 62.3 Å². The summed E-state index contributed by atoms with van der Waals surface area (Å²) in [4.78, 5) is 48.3. The summed E-state index contributed by atoms with van der Waals surface area (Å²) in [5, 5.41) is 26.3. The topological polar surface area (TPSA) is 148 Å². The predicted molar refractivity (Wildman–Crippen MR) is 148 cm³/mol. The molecular formula is C28H36ClN5O6. The minimum atomic E-state index is -1.44. The van der Waals surface area contributed by atoms with Gasteiger partial charge in [-0.1, -0.05) is 44.0 Å². The van der Waals surface area contributed by atoms with Gasteiger partial charge < -0.3 is 15.2 Å². The van der Waals surface area contributed by atoms with E-state index < -0.39 is 45.7 Å². The maximum Gasteiger partial charge on any atom is 0.408 e. The minimum absolute atomic E-state index is 0.0267. The molecule has 12 heteroatoms. The summed E-state index contributed by atoms with van der Waals surface area (Å²) in [5.41, 5.74) is -1.49. The minimum Gasteiger partial charge on any atom is -0.468 e. The van der Waals surface area contributed by atoms with Crippen molar-refractivity contribution in [1.29, 1.82) is 0 Å². The Kier molecular flexibility index (Phi) is 8.65. The maximum absolute atomic E-state index is 13.5. The molecule has 4 atom stereocenters. The highest BCUT2D eigenvalue weighted by atomic mass is 35.5. The van der Waals surface area contributed by atoms with Crippen LogP contribution >= 0.6 is 11.6 Å². The molecule has 0 bridgehead atoms. The molecule has 1 amide bonds. The van der Waals surface area contributed by atoms with Gasteiger partial charge in [-0.2, -0.15) is 0 Å². The number of aryl methyl sites for hydroxylation is 1. The number of esters is 1. The van der Waals surface area contributed by atoms with Crippen LogP contribution in [0.5, 0.6) is 0 Å². The van der Waals surface area contributed by atoms with Gasteiger partial charge in [0.15, 0.2) is 5.69 Å². The maximum atomic E-state index is 13.5. The smallest absolute Gasteiger partial charge is 0.408 e. The zero-order chi connectivity index (χ0) is 29.2. The van der Waals surface area contributed by atoms with Gasteiger partial charge in [-0.3, -0.25) is 19.8 Å². The Morgan fingerprint density at radius 1 is 1.32 bits per heavy atom. The molecule has 4 rings (SSSR count). The molecule has 216 valence electrons. The number of nitrogens with zero attached hydrogens (tertiary/aromatic N) is 4. The van der Waals surface area contributed by atoms with Crippen LogP contribution in [0.15, 0.2) is 24.3 Å². The van der Waals surface area contributed by atoms with E-state index in [9.17, 15) is 24.8 Å². The number of halogens is 1. The molecule has 40 heavy (non-hydrogen) atoms. The molecule has 4 unspecified atom stereocenters. The number of methoxy groups -OCH3 is 1. The molecule has 1 aromatic heterocycles. The Morgan fingerprint density at radius 3 is 2.70 bits per heavy atom. The van der Waals surface area contributed by atoms with Crippen molar-refractivity contribution in [2.24, 2.45) is 0 Å². The van der Waals surface area contributed by atoms with Crippen molar-refractivity contribution in [1.82, 2.24) is 20.2 Å². The summed E-state index contributed by atoms with van der Waals surface area (Å²) >= 11 is 6.45. The molecule has 1 saturated heterocycles. The number of unbranched alkanes of at least 4 members (excludes halogenated alkanes) is 1. The third kappa shape index (κ3) is 5.01. The zero-order valence-electron chi connectivity index (χ0n) is 23.3. The van der Waals surface area contributed by atoms with Crippen LogP contribution in [-0.4, -0.2) is 62.7 Å². The molecule has 0 saturated carbocycles. The number of aromatic nitrogens is 2. The van der Waals surface area contributed by atoms with E-state index in [1.165, 1.54) is 12.0 Å². The number of amides is 1. The highest BCUT2D eigenvalue weighted by molar-refractivity contribution is 6.28. The van der Waals surface area contributed by atoms with Crippen molar-refractivity contribution in [3.63, 3.8) is 0 Å². The first-order valence-corrected chi connectivity index (χ1v) is 14.0. The Hall–Kier alpha value is -3.31. The third-order valence-corrected chi connectivity index (χ3v) is 8.72. The quantitative estimate of drug-likeness (QED) is 0.197. The molecular weight excluding hydrogens is 538 g/mol. The van der Waals surface area contributed by atoms with Gasteiger partial charge in [-0.15, -0.1) is 0 Å². The van der Waals surface area contributed by atoms with E-state index in [1.54, 1.807) is 13.8 Å². The Morgan fingerprint density at radius 2 is 2.05 bits per heavy atom. The van der Waals surface area contributed by atoms with Crippen LogP contribution in [0.1, 0.15) is 75.4 Å². The van der Waals surface area contributed by atoms with Crippen LogP contribution in [-0.2, 0) is 33.3 Å². The van der Waals surface area contributed by atoms with Crippen molar-refractivity contribution < 1.29 is 24.4 Å². The average molecular weight is 574 g/mol.